The maximum Gasteiger partial charge on any atom is 0.352 e. The maximum absolute atomic E-state index is 12.9. The summed E-state index contributed by atoms with van der Waals surface area (Å²) in [6, 6.07) is 4.27. The van der Waals surface area contributed by atoms with Crippen LogP contribution >= 0.6 is 11.6 Å². The first kappa shape index (κ1) is 26.1. The van der Waals surface area contributed by atoms with Crippen molar-refractivity contribution in [2.24, 2.45) is 0 Å². The fraction of sp³-hybridized carbons (Fsp3) is 0.565. The van der Waals surface area contributed by atoms with Gasteiger partial charge in [0.1, 0.15) is 11.8 Å². The topological polar surface area (TPSA) is 147 Å². The molecule has 11 heteroatoms. The summed E-state index contributed by atoms with van der Waals surface area (Å²) in [4.78, 5) is 37.9. The number of benzene rings is 1. The van der Waals surface area contributed by atoms with E-state index in [2.05, 4.69) is 10.4 Å². The SMILES string of the molecule is CC(O)(CO)Cn1c(=O)cnn(-c2ccc(Cl)c(C(=O)NCC3(O)CCCCCCC3)c2)c1=O. The highest BCUT2D eigenvalue weighted by atomic mass is 35.5. The molecule has 0 bridgehead atoms. The van der Waals surface area contributed by atoms with Gasteiger partial charge in [0.2, 0.25) is 0 Å². The van der Waals surface area contributed by atoms with Crippen LogP contribution in [0.3, 0.4) is 0 Å². The number of hydrogen-bond donors (Lipinski definition) is 4. The van der Waals surface area contributed by atoms with Crippen LogP contribution < -0.4 is 16.6 Å². The Bertz CT molecular complexity index is 1140. The molecule has 1 saturated carbocycles. The van der Waals surface area contributed by atoms with Gasteiger partial charge < -0.3 is 20.6 Å². The lowest BCUT2D eigenvalue weighted by Gasteiger charge is -2.30. The second kappa shape index (κ2) is 10.8. The van der Waals surface area contributed by atoms with Gasteiger partial charge in [-0.05, 0) is 38.0 Å². The average molecular weight is 495 g/mol. The molecule has 1 aliphatic carbocycles. The molecule has 1 heterocycles. The van der Waals surface area contributed by atoms with Gasteiger partial charge >= 0.3 is 5.69 Å². The Labute approximate surface area is 201 Å². The van der Waals surface area contributed by atoms with Crippen molar-refractivity contribution in [3.63, 3.8) is 0 Å². The summed E-state index contributed by atoms with van der Waals surface area (Å²) < 4.78 is 1.66. The van der Waals surface area contributed by atoms with E-state index in [4.69, 9.17) is 11.6 Å². The standard InChI is InChI=1S/C23H31ClN4O6/c1-22(33,15-29)14-27-19(30)12-26-28(21(27)32)16-7-8-18(24)17(11-16)20(31)25-13-23(34)9-5-3-2-4-6-10-23/h7-8,11-12,29,33-34H,2-6,9-10,13-15H2,1H3,(H,25,31). The summed E-state index contributed by atoms with van der Waals surface area (Å²) in [6.45, 7) is 0.284. The van der Waals surface area contributed by atoms with Crippen molar-refractivity contribution in [3.8, 4) is 5.69 Å². The monoisotopic (exact) mass is 494 g/mol. The lowest BCUT2D eigenvalue weighted by atomic mass is 9.87. The van der Waals surface area contributed by atoms with E-state index >= 15 is 0 Å². The molecular weight excluding hydrogens is 464 g/mol. The molecule has 4 N–H and O–H groups in total. The molecule has 1 aromatic carbocycles. The number of hydrogen-bond acceptors (Lipinski definition) is 7. The molecule has 0 aliphatic heterocycles. The van der Waals surface area contributed by atoms with E-state index in [1.54, 1.807) is 0 Å². The molecular formula is C23H31ClN4O6. The largest absolute Gasteiger partial charge is 0.393 e. The summed E-state index contributed by atoms with van der Waals surface area (Å²) in [5.41, 5.74) is -3.99. The molecule has 1 fully saturated rings. The number of aromatic nitrogens is 3. The number of nitrogens with zero attached hydrogens (tertiary/aromatic N) is 3. The third-order valence-electron chi connectivity index (χ3n) is 6.10. The van der Waals surface area contributed by atoms with Gasteiger partial charge in [0.25, 0.3) is 11.5 Å². The highest BCUT2D eigenvalue weighted by Crippen LogP contribution is 2.26. The predicted octanol–water partition coefficient (Wildman–Crippen LogP) is 0.996. The smallest absolute Gasteiger partial charge is 0.352 e. The number of halogens is 1. The zero-order valence-electron chi connectivity index (χ0n) is 19.2. The van der Waals surface area contributed by atoms with Crippen molar-refractivity contribution < 1.29 is 20.1 Å². The quantitative estimate of drug-likeness (QED) is 0.449. The Morgan fingerprint density at radius 2 is 1.85 bits per heavy atom. The number of carbonyl (C=O) groups excluding carboxylic acids is 1. The van der Waals surface area contributed by atoms with Gasteiger partial charge in [-0.25, -0.2) is 4.79 Å². The second-order valence-corrected chi connectivity index (χ2v) is 9.66. The van der Waals surface area contributed by atoms with Crippen LogP contribution in [-0.2, 0) is 6.54 Å². The number of aliphatic hydroxyl groups is 3. The van der Waals surface area contributed by atoms with E-state index in [9.17, 15) is 29.7 Å². The number of carbonyl (C=O) groups is 1. The van der Waals surface area contributed by atoms with E-state index < -0.39 is 41.5 Å². The molecule has 186 valence electrons. The molecule has 1 atom stereocenters. The van der Waals surface area contributed by atoms with Crippen LogP contribution in [0.2, 0.25) is 5.02 Å². The number of aliphatic hydroxyl groups excluding tert-OH is 1. The van der Waals surface area contributed by atoms with E-state index in [0.29, 0.717) is 12.8 Å². The van der Waals surface area contributed by atoms with Crippen molar-refractivity contribution in [1.82, 2.24) is 19.7 Å². The lowest BCUT2D eigenvalue weighted by molar-refractivity contribution is -0.0139. The zero-order valence-corrected chi connectivity index (χ0v) is 19.9. The van der Waals surface area contributed by atoms with Crippen molar-refractivity contribution in [1.29, 1.82) is 0 Å². The van der Waals surface area contributed by atoms with Crippen LogP contribution in [0.4, 0.5) is 0 Å². The minimum absolute atomic E-state index is 0.0856. The summed E-state index contributed by atoms with van der Waals surface area (Å²) in [5.74, 6) is -0.507. The van der Waals surface area contributed by atoms with E-state index in [1.807, 2.05) is 0 Å². The maximum atomic E-state index is 12.9. The molecule has 0 saturated heterocycles. The van der Waals surface area contributed by atoms with E-state index in [0.717, 1.165) is 47.5 Å². The molecule has 10 nitrogen and oxygen atoms in total. The average Bonchev–Trinajstić information content (AvgIpc) is 2.78. The number of nitrogens with one attached hydrogen (secondary N) is 1. The van der Waals surface area contributed by atoms with E-state index in [-0.39, 0.29) is 22.8 Å². The molecule has 3 rings (SSSR count). The molecule has 2 aromatic rings. The third kappa shape index (κ3) is 6.32. The Morgan fingerprint density at radius 3 is 2.50 bits per heavy atom. The normalized spacial score (nSPS) is 17.9. The van der Waals surface area contributed by atoms with Crippen molar-refractivity contribution in [2.75, 3.05) is 13.2 Å². The number of amides is 1. The van der Waals surface area contributed by atoms with Gasteiger partial charge in [0, 0.05) is 6.54 Å². The van der Waals surface area contributed by atoms with Crippen LogP contribution in [0.25, 0.3) is 5.69 Å². The summed E-state index contributed by atoms with van der Waals surface area (Å²) >= 11 is 6.24. The van der Waals surface area contributed by atoms with Crippen LogP contribution in [-0.4, -0.2) is 59.9 Å². The minimum atomic E-state index is -1.69. The first-order valence-corrected chi connectivity index (χ1v) is 11.8. The summed E-state index contributed by atoms with van der Waals surface area (Å²) in [5, 5.41) is 37.0. The zero-order chi connectivity index (χ0) is 24.9. The van der Waals surface area contributed by atoms with Gasteiger partial charge in [0.05, 0.1) is 35.0 Å². The Morgan fingerprint density at radius 1 is 1.21 bits per heavy atom. The van der Waals surface area contributed by atoms with Gasteiger partial charge in [-0.15, -0.1) is 0 Å². The summed E-state index contributed by atoms with van der Waals surface area (Å²) in [6.07, 6.45) is 7.20. The first-order valence-electron chi connectivity index (χ1n) is 11.4. The Hall–Kier alpha value is -2.53. The van der Waals surface area contributed by atoms with Crippen molar-refractivity contribution >= 4 is 17.5 Å². The molecule has 1 unspecified atom stereocenters. The Kier molecular flexibility index (Phi) is 8.29. The van der Waals surface area contributed by atoms with Crippen LogP contribution in [0.15, 0.2) is 34.0 Å². The fourth-order valence-corrected chi connectivity index (χ4v) is 4.25. The molecule has 1 amide bonds. The summed E-state index contributed by atoms with van der Waals surface area (Å²) in [7, 11) is 0. The first-order chi connectivity index (χ1) is 16.1. The van der Waals surface area contributed by atoms with Gasteiger partial charge in [-0.3, -0.25) is 14.2 Å². The fourth-order valence-electron chi connectivity index (χ4n) is 4.05. The van der Waals surface area contributed by atoms with Gasteiger partial charge in [-0.2, -0.15) is 9.78 Å². The molecule has 0 spiro atoms. The predicted molar refractivity (Wildman–Crippen MR) is 126 cm³/mol. The van der Waals surface area contributed by atoms with Crippen LogP contribution in [0.5, 0.6) is 0 Å². The van der Waals surface area contributed by atoms with Gasteiger partial charge in [-0.1, -0.05) is 43.7 Å². The third-order valence-corrected chi connectivity index (χ3v) is 6.43. The van der Waals surface area contributed by atoms with Crippen molar-refractivity contribution in [2.45, 2.75) is 69.6 Å². The van der Waals surface area contributed by atoms with Crippen LogP contribution in [0, 0.1) is 0 Å². The molecule has 34 heavy (non-hydrogen) atoms. The lowest BCUT2D eigenvalue weighted by Crippen LogP contribution is -2.47. The van der Waals surface area contributed by atoms with Crippen LogP contribution in [0.1, 0.15) is 62.2 Å². The molecule has 0 radical (unpaired) electrons. The highest BCUT2D eigenvalue weighted by molar-refractivity contribution is 6.33. The number of rotatable bonds is 7. The molecule has 1 aliphatic rings. The molecule has 1 aromatic heterocycles. The minimum Gasteiger partial charge on any atom is -0.393 e. The Balaban J connectivity index is 1.86. The van der Waals surface area contributed by atoms with Gasteiger partial charge in [0.15, 0.2) is 0 Å². The second-order valence-electron chi connectivity index (χ2n) is 9.26. The van der Waals surface area contributed by atoms with Crippen molar-refractivity contribution in [3.05, 3.63) is 55.8 Å². The highest BCUT2D eigenvalue weighted by Gasteiger charge is 2.28. The van der Waals surface area contributed by atoms with E-state index in [1.165, 1.54) is 25.1 Å².